The molecular weight excluding hydrogens is 224 g/mol. The summed E-state index contributed by atoms with van der Waals surface area (Å²) in [5.41, 5.74) is -0.0495. The number of rotatable bonds is 3. The summed E-state index contributed by atoms with van der Waals surface area (Å²) in [6, 6.07) is -0.463. The molecule has 1 saturated carbocycles. The van der Waals surface area contributed by atoms with Crippen LogP contribution in [-0.2, 0) is 9.59 Å². The molecule has 3 N–H and O–H groups in total. The minimum Gasteiger partial charge on any atom is -0.478 e. The van der Waals surface area contributed by atoms with Crippen molar-refractivity contribution < 1.29 is 19.5 Å². The van der Waals surface area contributed by atoms with Gasteiger partial charge in [0.25, 0.3) is 5.91 Å². The molecule has 17 heavy (non-hydrogen) atoms. The van der Waals surface area contributed by atoms with Gasteiger partial charge >= 0.3 is 12.0 Å². The number of hydrogen-bond donors (Lipinski definition) is 3. The smallest absolute Gasteiger partial charge is 0.331 e. The van der Waals surface area contributed by atoms with Gasteiger partial charge in [-0.15, -0.1) is 0 Å². The standard InChI is InChI=1S/C11H16N2O4/c1-5-4-8(5)12-11(17)13-9(14)6(2)7(3)10(15)16/h5,8H,4H2,1-3H3,(H,15,16)(H2,12,13,14,17). The van der Waals surface area contributed by atoms with Crippen molar-refractivity contribution in [2.75, 3.05) is 0 Å². The number of carboxylic acids is 1. The van der Waals surface area contributed by atoms with Crippen LogP contribution in [0.1, 0.15) is 27.2 Å². The van der Waals surface area contributed by atoms with Gasteiger partial charge in [-0.05, 0) is 26.2 Å². The Morgan fingerprint density at radius 1 is 1.18 bits per heavy atom. The zero-order valence-corrected chi connectivity index (χ0v) is 10.0. The third-order valence-corrected chi connectivity index (χ3v) is 2.88. The number of amides is 3. The van der Waals surface area contributed by atoms with Crippen molar-refractivity contribution in [3.63, 3.8) is 0 Å². The van der Waals surface area contributed by atoms with Crippen LogP contribution in [0.4, 0.5) is 4.79 Å². The first-order valence-corrected chi connectivity index (χ1v) is 5.35. The van der Waals surface area contributed by atoms with Gasteiger partial charge in [-0.25, -0.2) is 9.59 Å². The number of nitrogens with one attached hydrogen (secondary N) is 2. The molecule has 2 unspecified atom stereocenters. The lowest BCUT2D eigenvalue weighted by molar-refractivity contribution is -0.133. The highest BCUT2D eigenvalue weighted by atomic mass is 16.4. The van der Waals surface area contributed by atoms with Crippen LogP contribution < -0.4 is 10.6 Å². The maximum Gasteiger partial charge on any atom is 0.331 e. The van der Waals surface area contributed by atoms with E-state index in [-0.39, 0.29) is 17.2 Å². The van der Waals surface area contributed by atoms with E-state index in [1.54, 1.807) is 0 Å². The number of urea groups is 1. The molecule has 0 aromatic rings. The highest BCUT2D eigenvalue weighted by Gasteiger charge is 2.34. The number of carboxylic acid groups (broad SMARTS) is 1. The highest BCUT2D eigenvalue weighted by Crippen LogP contribution is 2.28. The summed E-state index contributed by atoms with van der Waals surface area (Å²) in [6.45, 7) is 4.68. The third kappa shape index (κ3) is 3.58. The van der Waals surface area contributed by atoms with Gasteiger partial charge in [0.15, 0.2) is 0 Å². The molecule has 0 bridgehead atoms. The Morgan fingerprint density at radius 2 is 1.71 bits per heavy atom. The summed E-state index contributed by atoms with van der Waals surface area (Å²) in [5, 5.41) is 13.4. The van der Waals surface area contributed by atoms with Crippen molar-refractivity contribution in [2.24, 2.45) is 5.92 Å². The lowest BCUT2D eigenvalue weighted by Gasteiger charge is -2.07. The van der Waals surface area contributed by atoms with Crippen LogP contribution in [0, 0.1) is 5.92 Å². The SMILES string of the molecule is CC(C(=O)O)=C(C)C(=O)NC(=O)NC1CC1C. The van der Waals surface area contributed by atoms with Gasteiger partial charge in [-0.1, -0.05) is 6.92 Å². The first kappa shape index (κ1) is 13.2. The van der Waals surface area contributed by atoms with Gasteiger partial charge < -0.3 is 10.4 Å². The fraction of sp³-hybridized carbons (Fsp3) is 0.545. The zero-order chi connectivity index (χ0) is 13.2. The summed E-state index contributed by atoms with van der Waals surface area (Å²) in [7, 11) is 0. The quantitative estimate of drug-likeness (QED) is 0.631. The number of imide groups is 1. The van der Waals surface area contributed by atoms with E-state index in [1.165, 1.54) is 13.8 Å². The summed E-state index contributed by atoms with van der Waals surface area (Å²) in [5.74, 6) is -1.42. The van der Waals surface area contributed by atoms with Crippen molar-refractivity contribution in [3.8, 4) is 0 Å². The minimum absolute atomic E-state index is 0.0245. The predicted molar refractivity (Wildman–Crippen MR) is 60.3 cm³/mol. The molecular formula is C11H16N2O4. The van der Waals surface area contributed by atoms with Gasteiger partial charge in [0.1, 0.15) is 0 Å². The second kappa shape index (κ2) is 4.99. The van der Waals surface area contributed by atoms with E-state index >= 15 is 0 Å². The maximum atomic E-state index is 11.5. The average molecular weight is 240 g/mol. The van der Waals surface area contributed by atoms with Crippen molar-refractivity contribution in [1.82, 2.24) is 10.6 Å². The maximum absolute atomic E-state index is 11.5. The molecule has 2 atom stereocenters. The average Bonchev–Trinajstić information content (AvgIpc) is 2.91. The molecule has 6 nitrogen and oxygen atoms in total. The minimum atomic E-state index is -1.17. The van der Waals surface area contributed by atoms with Gasteiger partial charge in [-0.2, -0.15) is 0 Å². The van der Waals surface area contributed by atoms with Crippen LogP contribution in [-0.4, -0.2) is 29.1 Å². The Balaban J connectivity index is 2.51. The fourth-order valence-electron chi connectivity index (χ4n) is 1.26. The monoisotopic (exact) mass is 240 g/mol. The number of carbonyl (C=O) groups is 3. The van der Waals surface area contributed by atoms with Crippen molar-refractivity contribution in [1.29, 1.82) is 0 Å². The lowest BCUT2D eigenvalue weighted by Crippen LogP contribution is -2.41. The van der Waals surface area contributed by atoms with Crippen LogP contribution in [0.5, 0.6) is 0 Å². The molecule has 1 rings (SSSR count). The molecule has 6 heteroatoms. The van der Waals surface area contributed by atoms with E-state index in [0.717, 1.165) is 6.42 Å². The van der Waals surface area contributed by atoms with E-state index in [2.05, 4.69) is 10.6 Å². The van der Waals surface area contributed by atoms with Gasteiger partial charge in [0, 0.05) is 17.2 Å². The van der Waals surface area contributed by atoms with Crippen LogP contribution in [0.2, 0.25) is 0 Å². The summed E-state index contributed by atoms with van der Waals surface area (Å²) in [6.07, 6.45) is 0.907. The molecule has 94 valence electrons. The summed E-state index contributed by atoms with van der Waals surface area (Å²) < 4.78 is 0. The van der Waals surface area contributed by atoms with Crippen molar-refractivity contribution in [3.05, 3.63) is 11.1 Å². The van der Waals surface area contributed by atoms with Gasteiger partial charge in [-0.3, -0.25) is 10.1 Å². The third-order valence-electron chi connectivity index (χ3n) is 2.88. The molecule has 0 aromatic carbocycles. The molecule has 0 spiro atoms. The van der Waals surface area contributed by atoms with E-state index in [1.807, 2.05) is 6.92 Å². The predicted octanol–water partition coefficient (Wildman–Crippen LogP) is 0.642. The molecule has 0 saturated heterocycles. The Bertz CT molecular complexity index is 400. The number of hydrogen-bond acceptors (Lipinski definition) is 3. The molecule has 3 amide bonds. The first-order chi connectivity index (χ1) is 7.82. The topological polar surface area (TPSA) is 95.5 Å². The number of carbonyl (C=O) groups excluding carboxylic acids is 2. The largest absolute Gasteiger partial charge is 0.478 e. The van der Waals surface area contributed by atoms with E-state index < -0.39 is 17.9 Å². The van der Waals surface area contributed by atoms with Gasteiger partial charge in [0.05, 0.1) is 0 Å². The van der Waals surface area contributed by atoms with Crippen molar-refractivity contribution >= 4 is 17.9 Å². The zero-order valence-electron chi connectivity index (χ0n) is 10.0. The Kier molecular flexibility index (Phi) is 3.88. The Hall–Kier alpha value is -1.85. The lowest BCUT2D eigenvalue weighted by atomic mass is 10.1. The molecule has 0 aromatic heterocycles. The Morgan fingerprint density at radius 3 is 2.12 bits per heavy atom. The van der Waals surface area contributed by atoms with E-state index in [9.17, 15) is 14.4 Å². The van der Waals surface area contributed by atoms with Gasteiger partial charge in [0.2, 0.25) is 0 Å². The van der Waals surface area contributed by atoms with Crippen LogP contribution in [0.3, 0.4) is 0 Å². The summed E-state index contributed by atoms with van der Waals surface area (Å²) >= 11 is 0. The van der Waals surface area contributed by atoms with Crippen molar-refractivity contribution in [2.45, 2.75) is 33.2 Å². The number of aliphatic carboxylic acids is 1. The molecule has 1 aliphatic rings. The van der Waals surface area contributed by atoms with Crippen LogP contribution in [0.25, 0.3) is 0 Å². The first-order valence-electron chi connectivity index (χ1n) is 5.35. The molecule has 0 aliphatic heterocycles. The molecule has 0 radical (unpaired) electrons. The van der Waals surface area contributed by atoms with Crippen LogP contribution >= 0.6 is 0 Å². The van der Waals surface area contributed by atoms with E-state index in [0.29, 0.717) is 5.92 Å². The highest BCUT2D eigenvalue weighted by molar-refractivity contribution is 6.07. The van der Waals surface area contributed by atoms with Crippen LogP contribution in [0.15, 0.2) is 11.1 Å². The second-order valence-corrected chi connectivity index (χ2v) is 4.30. The Labute approximate surface area is 99.1 Å². The van der Waals surface area contributed by atoms with E-state index in [4.69, 9.17) is 5.11 Å². The molecule has 1 aliphatic carbocycles. The molecule has 1 fully saturated rings. The molecule has 0 heterocycles. The second-order valence-electron chi connectivity index (χ2n) is 4.30. The normalized spacial score (nSPS) is 23.5. The summed E-state index contributed by atoms with van der Waals surface area (Å²) in [4.78, 5) is 33.4. The fourth-order valence-corrected chi connectivity index (χ4v) is 1.26.